The topological polar surface area (TPSA) is 38.3 Å². The first kappa shape index (κ1) is 15.1. The van der Waals surface area contributed by atoms with Crippen molar-refractivity contribution in [2.45, 2.75) is 19.8 Å². The fraction of sp³-hybridized carbons (Fsp3) is 0.278. The molecule has 2 aromatic rings. The molecule has 110 valence electrons. The van der Waals surface area contributed by atoms with Gasteiger partial charge >= 0.3 is 0 Å². The van der Waals surface area contributed by atoms with Gasteiger partial charge in [-0.2, -0.15) is 0 Å². The first-order valence-electron chi connectivity index (χ1n) is 7.25. The molecule has 1 amide bonds. The van der Waals surface area contributed by atoms with Crippen LogP contribution in [0.1, 0.15) is 17.5 Å². The minimum Gasteiger partial charge on any atom is -0.491 e. The van der Waals surface area contributed by atoms with Crippen molar-refractivity contribution in [2.75, 3.05) is 13.2 Å². The Morgan fingerprint density at radius 2 is 1.76 bits per heavy atom. The van der Waals surface area contributed by atoms with Crippen LogP contribution in [-0.2, 0) is 11.2 Å². The number of hydrogen-bond donors (Lipinski definition) is 1. The molecule has 0 fully saturated rings. The van der Waals surface area contributed by atoms with Crippen LogP contribution >= 0.6 is 0 Å². The van der Waals surface area contributed by atoms with Gasteiger partial charge in [-0.25, -0.2) is 0 Å². The summed E-state index contributed by atoms with van der Waals surface area (Å²) in [5, 5.41) is 2.88. The van der Waals surface area contributed by atoms with E-state index in [4.69, 9.17) is 4.74 Å². The van der Waals surface area contributed by atoms with E-state index in [0.29, 0.717) is 19.6 Å². The van der Waals surface area contributed by atoms with Crippen molar-refractivity contribution in [1.29, 1.82) is 0 Å². The molecule has 0 heterocycles. The van der Waals surface area contributed by atoms with Crippen LogP contribution in [0.15, 0.2) is 54.6 Å². The molecule has 0 spiro atoms. The van der Waals surface area contributed by atoms with Gasteiger partial charge in [0.05, 0.1) is 6.54 Å². The average Bonchev–Trinajstić information content (AvgIpc) is 2.52. The Bertz CT molecular complexity index is 566. The van der Waals surface area contributed by atoms with Gasteiger partial charge in [0.1, 0.15) is 12.4 Å². The summed E-state index contributed by atoms with van der Waals surface area (Å²) in [5.41, 5.74) is 2.29. The van der Waals surface area contributed by atoms with Gasteiger partial charge in [-0.3, -0.25) is 4.79 Å². The molecule has 0 aromatic heterocycles. The standard InChI is InChI=1S/C18H21NO2/c1-15-7-5-6-10-17(15)21-14-13-19-18(20)12-11-16-8-3-2-4-9-16/h2-10H,11-14H2,1H3,(H,19,20). The average molecular weight is 283 g/mol. The largest absolute Gasteiger partial charge is 0.491 e. The van der Waals surface area contributed by atoms with Gasteiger partial charge in [-0.05, 0) is 30.5 Å². The number of hydrogen-bond acceptors (Lipinski definition) is 2. The third-order valence-corrected chi connectivity index (χ3v) is 3.26. The molecule has 0 radical (unpaired) electrons. The molecule has 0 aliphatic heterocycles. The molecule has 0 unspecified atom stereocenters. The van der Waals surface area contributed by atoms with E-state index >= 15 is 0 Å². The van der Waals surface area contributed by atoms with Gasteiger partial charge in [-0.1, -0.05) is 48.5 Å². The second-order valence-corrected chi connectivity index (χ2v) is 4.95. The molecule has 0 atom stereocenters. The van der Waals surface area contributed by atoms with Crippen LogP contribution in [0.2, 0.25) is 0 Å². The summed E-state index contributed by atoms with van der Waals surface area (Å²) >= 11 is 0. The number of amides is 1. The Hall–Kier alpha value is -2.29. The lowest BCUT2D eigenvalue weighted by molar-refractivity contribution is -0.121. The summed E-state index contributed by atoms with van der Waals surface area (Å²) in [5.74, 6) is 0.934. The molecule has 0 aliphatic carbocycles. The van der Waals surface area contributed by atoms with E-state index in [2.05, 4.69) is 5.32 Å². The Labute approximate surface area is 126 Å². The second-order valence-electron chi connectivity index (χ2n) is 4.95. The van der Waals surface area contributed by atoms with Crippen molar-refractivity contribution in [3.8, 4) is 5.75 Å². The molecule has 2 aromatic carbocycles. The summed E-state index contributed by atoms with van der Waals surface area (Å²) in [6.45, 7) is 3.03. The molecule has 1 N–H and O–H groups in total. The molecule has 0 saturated carbocycles. The fourth-order valence-corrected chi connectivity index (χ4v) is 2.06. The maximum absolute atomic E-state index is 11.7. The van der Waals surface area contributed by atoms with Crippen molar-refractivity contribution in [2.24, 2.45) is 0 Å². The SMILES string of the molecule is Cc1ccccc1OCCNC(=O)CCc1ccccc1. The van der Waals surface area contributed by atoms with Crippen LogP contribution < -0.4 is 10.1 Å². The zero-order valence-corrected chi connectivity index (χ0v) is 12.3. The third-order valence-electron chi connectivity index (χ3n) is 3.26. The highest BCUT2D eigenvalue weighted by Gasteiger charge is 2.02. The van der Waals surface area contributed by atoms with Crippen molar-refractivity contribution >= 4 is 5.91 Å². The van der Waals surface area contributed by atoms with Crippen molar-refractivity contribution < 1.29 is 9.53 Å². The highest BCUT2D eigenvalue weighted by molar-refractivity contribution is 5.76. The fourth-order valence-electron chi connectivity index (χ4n) is 2.06. The lowest BCUT2D eigenvalue weighted by Crippen LogP contribution is -2.28. The van der Waals surface area contributed by atoms with Crippen LogP contribution in [-0.4, -0.2) is 19.1 Å². The van der Waals surface area contributed by atoms with Crippen LogP contribution in [0.25, 0.3) is 0 Å². The van der Waals surface area contributed by atoms with Crippen molar-refractivity contribution in [3.63, 3.8) is 0 Å². The number of aryl methyl sites for hydroxylation is 2. The van der Waals surface area contributed by atoms with E-state index < -0.39 is 0 Å². The van der Waals surface area contributed by atoms with Gasteiger partial charge in [0.25, 0.3) is 0 Å². The molecule has 0 saturated heterocycles. The van der Waals surface area contributed by atoms with Crippen molar-refractivity contribution in [1.82, 2.24) is 5.32 Å². The smallest absolute Gasteiger partial charge is 0.220 e. The van der Waals surface area contributed by atoms with E-state index in [9.17, 15) is 4.79 Å². The molecule has 3 heteroatoms. The van der Waals surface area contributed by atoms with Gasteiger partial charge < -0.3 is 10.1 Å². The number of carbonyl (C=O) groups is 1. The predicted octanol–water partition coefficient (Wildman–Crippen LogP) is 3.12. The molecule has 3 nitrogen and oxygen atoms in total. The summed E-state index contributed by atoms with van der Waals surface area (Å²) in [6.07, 6.45) is 1.28. The summed E-state index contributed by atoms with van der Waals surface area (Å²) in [4.78, 5) is 11.7. The van der Waals surface area contributed by atoms with Gasteiger partial charge in [-0.15, -0.1) is 0 Å². The lowest BCUT2D eigenvalue weighted by Gasteiger charge is -2.09. The predicted molar refractivity (Wildman–Crippen MR) is 84.4 cm³/mol. The Morgan fingerprint density at radius 1 is 1.05 bits per heavy atom. The van der Waals surface area contributed by atoms with Crippen LogP contribution in [0.5, 0.6) is 5.75 Å². The molecular formula is C18H21NO2. The second kappa shape index (κ2) is 8.10. The number of ether oxygens (including phenoxy) is 1. The highest BCUT2D eigenvalue weighted by atomic mass is 16.5. The third kappa shape index (κ3) is 5.30. The molecular weight excluding hydrogens is 262 g/mol. The van der Waals surface area contributed by atoms with Gasteiger partial charge in [0.2, 0.25) is 5.91 Å². The number of nitrogens with one attached hydrogen (secondary N) is 1. The molecule has 0 bridgehead atoms. The summed E-state index contributed by atoms with van der Waals surface area (Å²) in [7, 11) is 0. The summed E-state index contributed by atoms with van der Waals surface area (Å²) < 4.78 is 5.64. The molecule has 21 heavy (non-hydrogen) atoms. The van der Waals surface area contributed by atoms with E-state index in [1.165, 1.54) is 5.56 Å². The number of carbonyl (C=O) groups excluding carboxylic acids is 1. The highest BCUT2D eigenvalue weighted by Crippen LogP contribution is 2.15. The van der Waals surface area contributed by atoms with Crippen LogP contribution in [0, 0.1) is 6.92 Å². The van der Waals surface area contributed by atoms with E-state index in [-0.39, 0.29) is 5.91 Å². The first-order valence-corrected chi connectivity index (χ1v) is 7.25. The van der Waals surface area contributed by atoms with Crippen LogP contribution in [0.3, 0.4) is 0 Å². The molecule has 2 rings (SSSR count). The van der Waals surface area contributed by atoms with E-state index in [1.54, 1.807) is 0 Å². The monoisotopic (exact) mass is 283 g/mol. The Balaban J connectivity index is 1.62. The number of rotatable bonds is 7. The van der Waals surface area contributed by atoms with Gasteiger partial charge in [0, 0.05) is 6.42 Å². The Morgan fingerprint density at radius 3 is 2.52 bits per heavy atom. The van der Waals surface area contributed by atoms with Crippen LogP contribution in [0.4, 0.5) is 0 Å². The number of benzene rings is 2. The summed E-state index contributed by atoms with van der Waals surface area (Å²) in [6, 6.07) is 17.9. The lowest BCUT2D eigenvalue weighted by atomic mass is 10.1. The maximum Gasteiger partial charge on any atom is 0.220 e. The first-order chi connectivity index (χ1) is 10.3. The normalized spacial score (nSPS) is 10.1. The quantitative estimate of drug-likeness (QED) is 0.793. The molecule has 0 aliphatic rings. The minimum atomic E-state index is 0.0623. The van der Waals surface area contributed by atoms with E-state index in [1.807, 2.05) is 61.5 Å². The van der Waals surface area contributed by atoms with Crippen molar-refractivity contribution in [3.05, 3.63) is 65.7 Å². The minimum absolute atomic E-state index is 0.0623. The van der Waals surface area contributed by atoms with E-state index in [0.717, 1.165) is 17.7 Å². The Kier molecular flexibility index (Phi) is 5.83. The zero-order chi connectivity index (χ0) is 14.9. The zero-order valence-electron chi connectivity index (χ0n) is 12.3. The number of para-hydroxylation sites is 1. The maximum atomic E-state index is 11.7. The van der Waals surface area contributed by atoms with Gasteiger partial charge in [0.15, 0.2) is 0 Å².